The molecule has 4 rings (SSSR count). The minimum absolute atomic E-state index is 0.214. The Kier molecular flexibility index (Phi) is 5.40. The fraction of sp³-hybridized carbons (Fsp3) is 0.273. The third-order valence-electron chi connectivity index (χ3n) is 5.06. The molecular weight excluding hydrogens is 388 g/mol. The molecule has 0 bridgehead atoms. The highest BCUT2D eigenvalue weighted by Gasteiger charge is 2.29. The van der Waals surface area contributed by atoms with E-state index in [1.54, 1.807) is 43.5 Å². The number of hydrogen-bond acceptors (Lipinski definition) is 5. The topological polar surface area (TPSA) is 80.6 Å². The summed E-state index contributed by atoms with van der Waals surface area (Å²) in [6.45, 7) is 2.21. The summed E-state index contributed by atoms with van der Waals surface area (Å²) in [4.78, 5) is 26.8. The summed E-state index contributed by atoms with van der Waals surface area (Å²) in [5.41, 5.74) is 2.25. The number of fused-ring (bicyclic) bond motifs is 1. The summed E-state index contributed by atoms with van der Waals surface area (Å²) < 4.78 is 10.3. The summed E-state index contributed by atoms with van der Waals surface area (Å²) in [6.07, 6.45) is 4.22. The van der Waals surface area contributed by atoms with E-state index in [2.05, 4.69) is 17.6 Å². The van der Waals surface area contributed by atoms with Crippen molar-refractivity contribution in [2.24, 2.45) is 5.92 Å². The molecule has 2 aromatic heterocycles. The van der Waals surface area contributed by atoms with Gasteiger partial charge in [-0.05, 0) is 67.1 Å². The molecule has 0 aliphatic heterocycles. The molecule has 2 amide bonds. The van der Waals surface area contributed by atoms with Crippen LogP contribution in [0.5, 0.6) is 5.75 Å². The van der Waals surface area contributed by atoms with Crippen molar-refractivity contribution in [3.05, 3.63) is 64.4 Å². The molecule has 0 saturated carbocycles. The molecule has 3 aromatic rings. The van der Waals surface area contributed by atoms with Gasteiger partial charge in [0, 0.05) is 10.6 Å². The van der Waals surface area contributed by atoms with Gasteiger partial charge in [-0.3, -0.25) is 9.59 Å². The largest absolute Gasteiger partial charge is 0.497 e. The van der Waals surface area contributed by atoms with Crippen molar-refractivity contribution in [3.8, 4) is 5.75 Å². The van der Waals surface area contributed by atoms with Crippen LogP contribution in [0.15, 0.2) is 47.1 Å². The van der Waals surface area contributed by atoms with Gasteiger partial charge >= 0.3 is 0 Å². The number of rotatable bonds is 5. The lowest BCUT2D eigenvalue weighted by molar-refractivity contribution is 0.0997. The number of methoxy groups -OCH3 is 1. The Morgan fingerprint density at radius 3 is 2.62 bits per heavy atom. The number of benzene rings is 1. The molecule has 0 fully saturated rings. The molecular formula is C22H22N2O4S. The van der Waals surface area contributed by atoms with Crippen LogP contribution in [0, 0.1) is 5.92 Å². The Hall–Kier alpha value is -3.06. The molecule has 1 aliphatic rings. The van der Waals surface area contributed by atoms with Gasteiger partial charge in [0.2, 0.25) is 0 Å². The zero-order chi connectivity index (χ0) is 20.4. The van der Waals surface area contributed by atoms with Crippen LogP contribution in [0.4, 0.5) is 10.7 Å². The quantitative estimate of drug-likeness (QED) is 0.622. The Bertz CT molecular complexity index is 1020. The number of anilines is 2. The molecule has 1 aliphatic carbocycles. The van der Waals surface area contributed by atoms with E-state index in [1.807, 2.05) is 0 Å². The molecule has 2 N–H and O–H groups in total. The van der Waals surface area contributed by atoms with Crippen molar-refractivity contribution >= 4 is 33.8 Å². The molecule has 1 unspecified atom stereocenters. The number of carbonyl (C=O) groups is 2. The maximum Gasteiger partial charge on any atom is 0.291 e. The van der Waals surface area contributed by atoms with Crippen molar-refractivity contribution in [1.29, 1.82) is 0 Å². The molecule has 1 atom stereocenters. The third-order valence-corrected chi connectivity index (χ3v) is 6.23. The van der Waals surface area contributed by atoms with Gasteiger partial charge in [-0.15, -0.1) is 11.3 Å². The van der Waals surface area contributed by atoms with Crippen LogP contribution < -0.4 is 15.4 Å². The molecule has 0 saturated heterocycles. The fourth-order valence-electron chi connectivity index (χ4n) is 3.52. The number of amides is 2. The van der Waals surface area contributed by atoms with E-state index in [0.29, 0.717) is 22.2 Å². The first-order chi connectivity index (χ1) is 14.0. The summed E-state index contributed by atoms with van der Waals surface area (Å²) >= 11 is 1.48. The van der Waals surface area contributed by atoms with Crippen LogP contribution in [-0.4, -0.2) is 18.9 Å². The van der Waals surface area contributed by atoms with Crippen LogP contribution in [0.25, 0.3) is 0 Å². The van der Waals surface area contributed by atoms with Gasteiger partial charge in [0.15, 0.2) is 5.76 Å². The average molecular weight is 410 g/mol. The smallest absolute Gasteiger partial charge is 0.291 e. The Labute approximate surface area is 172 Å². The monoisotopic (exact) mass is 410 g/mol. The number of furan rings is 1. The number of nitrogens with one attached hydrogen (secondary N) is 2. The van der Waals surface area contributed by atoms with Crippen molar-refractivity contribution in [1.82, 2.24) is 0 Å². The van der Waals surface area contributed by atoms with Crippen LogP contribution in [0.2, 0.25) is 0 Å². The second-order valence-corrected chi connectivity index (χ2v) is 8.28. The van der Waals surface area contributed by atoms with Gasteiger partial charge in [0.05, 0.1) is 18.9 Å². The molecule has 2 heterocycles. The third kappa shape index (κ3) is 4.05. The molecule has 150 valence electrons. The molecule has 7 heteroatoms. The minimum Gasteiger partial charge on any atom is -0.497 e. The molecule has 1 aromatic carbocycles. The predicted molar refractivity (Wildman–Crippen MR) is 113 cm³/mol. The highest BCUT2D eigenvalue weighted by molar-refractivity contribution is 7.17. The second-order valence-electron chi connectivity index (χ2n) is 7.17. The summed E-state index contributed by atoms with van der Waals surface area (Å²) in [5.74, 6) is 0.909. The second kappa shape index (κ2) is 8.13. The molecule has 6 nitrogen and oxygen atoms in total. The summed E-state index contributed by atoms with van der Waals surface area (Å²) in [6, 6.07) is 10.4. The number of ether oxygens (including phenoxy) is 1. The lowest BCUT2D eigenvalue weighted by Crippen LogP contribution is -2.19. The van der Waals surface area contributed by atoms with E-state index >= 15 is 0 Å². The highest BCUT2D eigenvalue weighted by atomic mass is 32.1. The van der Waals surface area contributed by atoms with Crippen molar-refractivity contribution < 1.29 is 18.7 Å². The fourth-order valence-corrected chi connectivity index (χ4v) is 4.92. The van der Waals surface area contributed by atoms with Crippen molar-refractivity contribution in [3.63, 3.8) is 0 Å². The van der Waals surface area contributed by atoms with E-state index in [1.165, 1.54) is 22.5 Å². The van der Waals surface area contributed by atoms with Gasteiger partial charge in [-0.2, -0.15) is 0 Å². The lowest BCUT2D eigenvalue weighted by Gasteiger charge is -2.18. The van der Waals surface area contributed by atoms with Crippen molar-refractivity contribution in [2.45, 2.75) is 26.2 Å². The standard InChI is InChI=1S/C22H22N2O4S/c1-13-5-10-16-18(12-13)29-22(24-20(25)17-4-3-11-28-17)19(16)21(26)23-14-6-8-15(27-2)9-7-14/h3-4,6-9,11,13H,5,10,12H2,1-2H3,(H,23,26)(H,24,25). The van der Waals surface area contributed by atoms with Gasteiger partial charge in [0.25, 0.3) is 11.8 Å². The number of thiophene rings is 1. The Morgan fingerprint density at radius 1 is 1.14 bits per heavy atom. The number of hydrogen-bond donors (Lipinski definition) is 2. The van der Waals surface area contributed by atoms with Crippen molar-refractivity contribution in [2.75, 3.05) is 17.7 Å². The maximum atomic E-state index is 13.2. The Balaban J connectivity index is 1.64. The van der Waals surface area contributed by atoms with E-state index in [4.69, 9.17) is 9.15 Å². The number of carbonyl (C=O) groups excluding carboxylic acids is 2. The van der Waals surface area contributed by atoms with Gasteiger partial charge in [0.1, 0.15) is 10.8 Å². The first-order valence-corrected chi connectivity index (χ1v) is 10.3. The molecule has 0 spiro atoms. The van der Waals surface area contributed by atoms with Crippen LogP contribution in [0.1, 0.15) is 44.7 Å². The first kappa shape index (κ1) is 19.3. The van der Waals surface area contributed by atoms with Crippen LogP contribution in [0.3, 0.4) is 0 Å². The summed E-state index contributed by atoms with van der Waals surface area (Å²) in [5, 5.41) is 6.38. The van der Waals surface area contributed by atoms with E-state index in [9.17, 15) is 9.59 Å². The maximum absolute atomic E-state index is 13.2. The van der Waals surface area contributed by atoms with E-state index in [0.717, 1.165) is 30.6 Å². The zero-order valence-corrected chi connectivity index (χ0v) is 17.1. The van der Waals surface area contributed by atoms with E-state index < -0.39 is 0 Å². The van der Waals surface area contributed by atoms with Crippen LogP contribution >= 0.6 is 11.3 Å². The predicted octanol–water partition coefficient (Wildman–Crippen LogP) is 4.98. The molecule has 29 heavy (non-hydrogen) atoms. The Morgan fingerprint density at radius 2 is 1.93 bits per heavy atom. The minimum atomic E-state index is -0.361. The van der Waals surface area contributed by atoms with Gasteiger partial charge in [-0.25, -0.2) is 0 Å². The average Bonchev–Trinajstić information content (AvgIpc) is 3.36. The van der Waals surface area contributed by atoms with Crippen LogP contribution in [-0.2, 0) is 12.8 Å². The first-order valence-electron chi connectivity index (χ1n) is 9.50. The van der Waals surface area contributed by atoms with Gasteiger partial charge in [-0.1, -0.05) is 6.92 Å². The normalized spacial score (nSPS) is 15.4. The molecule has 0 radical (unpaired) electrons. The highest BCUT2D eigenvalue weighted by Crippen LogP contribution is 2.40. The van der Waals surface area contributed by atoms with E-state index in [-0.39, 0.29) is 17.6 Å². The summed E-state index contributed by atoms with van der Waals surface area (Å²) in [7, 11) is 1.60. The lowest BCUT2D eigenvalue weighted by atomic mass is 9.88. The van der Waals surface area contributed by atoms with Gasteiger partial charge < -0.3 is 19.8 Å². The SMILES string of the molecule is COc1ccc(NC(=O)c2c(NC(=O)c3ccco3)sc3c2CCC(C)C3)cc1. The zero-order valence-electron chi connectivity index (χ0n) is 16.3.